The Labute approximate surface area is 346 Å². The van der Waals surface area contributed by atoms with E-state index in [4.69, 9.17) is 9.72 Å². The molecule has 5 heterocycles. The number of rotatable bonds is 4. The summed E-state index contributed by atoms with van der Waals surface area (Å²) in [6.07, 6.45) is 7.89. The summed E-state index contributed by atoms with van der Waals surface area (Å²) < 4.78 is 15.7. The monoisotopic (exact) mass is 773 g/mol. The van der Waals surface area contributed by atoms with Gasteiger partial charge >= 0.3 is 0 Å². The molecule has 5 aromatic heterocycles. The zero-order valence-corrected chi connectivity index (χ0v) is 33.5. The lowest BCUT2D eigenvalue weighted by atomic mass is 9.88. The minimum atomic E-state index is -0.00937. The van der Waals surface area contributed by atoms with Crippen molar-refractivity contribution in [3.8, 4) is 23.0 Å². The van der Waals surface area contributed by atoms with Crippen LogP contribution >= 0.6 is 0 Å². The first-order valence-corrected chi connectivity index (χ1v) is 20.5. The quantitative estimate of drug-likeness (QED) is 0.132. The average molecular weight is 774 g/mol. The standard InChI is InChI=1S/C54H39N5O/c1-54(2,3)35-28-29-55-52(30-35)58-46-22-9-7-19-42(46)44-27-26-38(32-50(44)58)60-37-15-12-14-36(31-37)56-33-51-41-18-5-4-16-39(41)40-17-6-10-23-47(40)59-48-24-11-8-20-43(48)45-21-13-25-49(53(45)59)57(51)34-56/h4-33H,1-3H3. The van der Waals surface area contributed by atoms with Gasteiger partial charge in [0, 0.05) is 45.4 Å². The van der Waals surface area contributed by atoms with Gasteiger partial charge in [-0.3, -0.25) is 13.5 Å². The maximum absolute atomic E-state index is 6.72. The first-order valence-electron chi connectivity index (χ1n) is 20.5. The Hall–Kier alpha value is -7.70. The summed E-state index contributed by atoms with van der Waals surface area (Å²) in [5.41, 5.74) is 9.88. The van der Waals surface area contributed by atoms with E-state index in [-0.39, 0.29) is 5.41 Å². The van der Waals surface area contributed by atoms with Crippen LogP contribution in [0, 0.1) is 6.33 Å². The lowest BCUT2D eigenvalue weighted by Gasteiger charge is -2.20. The lowest BCUT2D eigenvalue weighted by molar-refractivity contribution is -0.485. The third-order valence-corrected chi connectivity index (χ3v) is 12.1. The van der Waals surface area contributed by atoms with Crippen LogP contribution in [0.5, 0.6) is 11.5 Å². The van der Waals surface area contributed by atoms with E-state index in [9.17, 15) is 0 Å². The molecule has 0 N–H and O–H groups in total. The van der Waals surface area contributed by atoms with Crippen LogP contribution in [-0.4, -0.2) is 18.5 Å². The lowest BCUT2D eigenvalue weighted by Crippen LogP contribution is -2.20. The Bertz CT molecular complexity index is 3750. The number of aromatic nitrogens is 5. The number of pyridine rings is 1. The summed E-state index contributed by atoms with van der Waals surface area (Å²) in [4.78, 5) is 4.87. The first-order chi connectivity index (χ1) is 29.4. The molecule has 12 aromatic rings. The summed E-state index contributed by atoms with van der Waals surface area (Å²) in [6.45, 7) is 6.71. The molecular formula is C54H39N5O. The van der Waals surface area contributed by atoms with Gasteiger partial charge in [-0.25, -0.2) is 4.98 Å². The van der Waals surface area contributed by atoms with Gasteiger partial charge in [-0.05, 0) is 88.5 Å². The Morgan fingerprint density at radius 3 is 1.90 bits per heavy atom. The van der Waals surface area contributed by atoms with Crippen molar-refractivity contribution >= 4 is 76.3 Å². The van der Waals surface area contributed by atoms with Crippen LogP contribution in [0.3, 0.4) is 0 Å². The van der Waals surface area contributed by atoms with Crippen LogP contribution in [0.1, 0.15) is 26.3 Å². The fourth-order valence-corrected chi connectivity index (χ4v) is 9.25. The van der Waals surface area contributed by atoms with E-state index < -0.39 is 0 Å². The van der Waals surface area contributed by atoms with Gasteiger partial charge in [-0.1, -0.05) is 118 Å². The van der Waals surface area contributed by atoms with Gasteiger partial charge in [0.25, 0.3) is 6.33 Å². The molecule has 0 aliphatic heterocycles. The van der Waals surface area contributed by atoms with Crippen LogP contribution in [0.4, 0.5) is 0 Å². The molecule has 0 bridgehead atoms. The Kier molecular flexibility index (Phi) is 7.39. The van der Waals surface area contributed by atoms with Gasteiger partial charge in [0.1, 0.15) is 17.3 Å². The molecule has 0 aliphatic carbocycles. The maximum atomic E-state index is 6.72. The maximum Gasteiger partial charge on any atom is 0.269 e. The van der Waals surface area contributed by atoms with E-state index in [0.717, 1.165) is 72.3 Å². The second-order valence-electron chi connectivity index (χ2n) is 16.7. The summed E-state index contributed by atoms with van der Waals surface area (Å²) >= 11 is 0. The summed E-state index contributed by atoms with van der Waals surface area (Å²) in [6, 6.07) is 60.2. The highest BCUT2D eigenvalue weighted by atomic mass is 16.5. The third-order valence-electron chi connectivity index (χ3n) is 12.1. The minimum Gasteiger partial charge on any atom is -0.458 e. The topological polar surface area (TPSA) is 40.5 Å². The smallest absolute Gasteiger partial charge is 0.269 e. The Morgan fingerprint density at radius 1 is 0.517 bits per heavy atom. The molecule has 60 heavy (non-hydrogen) atoms. The summed E-state index contributed by atoms with van der Waals surface area (Å²) in [7, 11) is 0. The molecule has 0 amide bonds. The van der Waals surface area contributed by atoms with Crippen LogP contribution in [-0.2, 0) is 5.41 Å². The Balaban J connectivity index is 1.04. The van der Waals surface area contributed by atoms with Gasteiger partial charge in [-0.2, -0.15) is 0 Å². The molecule has 0 atom stereocenters. The number of nitrogens with zero attached hydrogens (tertiary/aromatic N) is 5. The molecule has 7 aromatic carbocycles. The summed E-state index contributed by atoms with van der Waals surface area (Å²) in [5.74, 6) is 2.37. The number of hydrogen-bond donors (Lipinski definition) is 0. The molecule has 6 heteroatoms. The second-order valence-corrected chi connectivity index (χ2v) is 16.7. The highest BCUT2D eigenvalue weighted by Crippen LogP contribution is 2.37. The van der Waals surface area contributed by atoms with Gasteiger partial charge < -0.3 is 9.14 Å². The molecule has 6 nitrogen and oxygen atoms in total. The molecule has 0 aliphatic rings. The normalized spacial score (nSPS) is 12.2. The van der Waals surface area contributed by atoms with Crippen molar-refractivity contribution in [2.24, 2.45) is 0 Å². The van der Waals surface area contributed by atoms with Crippen molar-refractivity contribution in [2.45, 2.75) is 26.2 Å². The molecule has 0 saturated carbocycles. The van der Waals surface area contributed by atoms with E-state index in [1.165, 1.54) is 32.6 Å². The predicted octanol–water partition coefficient (Wildman–Crippen LogP) is 13.0. The molecular weight excluding hydrogens is 735 g/mol. The molecule has 0 unspecified atom stereocenters. The fraction of sp³-hybridized carbons (Fsp3) is 0.0741. The number of para-hydroxylation sites is 4. The fourth-order valence-electron chi connectivity index (χ4n) is 9.25. The van der Waals surface area contributed by atoms with E-state index in [1.807, 2.05) is 18.3 Å². The van der Waals surface area contributed by atoms with E-state index in [1.54, 1.807) is 0 Å². The van der Waals surface area contributed by atoms with E-state index >= 15 is 0 Å². The van der Waals surface area contributed by atoms with Crippen LogP contribution in [0.15, 0.2) is 182 Å². The van der Waals surface area contributed by atoms with Crippen molar-refractivity contribution in [1.29, 1.82) is 0 Å². The number of benzene rings is 7. The van der Waals surface area contributed by atoms with Gasteiger partial charge in [0.15, 0.2) is 0 Å². The third kappa shape index (κ3) is 5.20. The van der Waals surface area contributed by atoms with Gasteiger partial charge in [0.2, 0.25) is 0 Å². The van der Waals surface area contributed by atoms with Gasteiger partial charge in [0.05, 0.1) is 44.3 Å². The zero-order valence-electron chi connectivity index (χ0n) is 33.5. The van der Waals surface area contributed by atoms with E-state index in [0.29, 0.717) is 0 Å². The summed E-state index contributed by atoms with van der Waals surface area (Å²) in [5, 5.41) is 8.22. The van der Waals surface area contributed by atoms with Crippen molar-refractivity contribution in [1.82, 2.24) is 18.5 Å². The average Bonchev–Trinajstić information content (AvgIpc) is 3.97. The predicted molar refractivity (Wildman–Crippen MR) is 245 cm³/mol. The molecule has 286 valence electrons. The highest BCUT2D eigenvalue weighted by molar-refractivity contribution is 6.16. The van der Waals surface area contributed by atoms with Crippen molar-refractivity contribution in [3.05, 3.63) is 194 Å². The van der Waals surface area contributed by atoms with Crippen LogP contribution in [0.25, 0.3) is 87.8 Å². The van der Waals surface area contributed by atoms with Crippen LogP contribution < -0.4 is 9.14 Å². The first kappa shape index (κ1) is 34.4. The van der Waals surface area contributed by atoms with Gasteiger partial charge in [-0.15, -0.1) is 0 Å². The second kappa shape index (κ2) is 12.9. The SMILES string of the molecule is CC(C)(C)c1ccnc(-n2c3ccccc3c3ccc(Oc4cccc(-n5[c-][n+]6c(c5)c5ccccc5c5ccccc5n5c7ccccc7c7cccc6c75)c4)cc32)c1. The minimum absolute atomic E-state index is 0.00937. The zero-order chi connectivity index (χ0) is 40.1. The number of fused-ring (bicyclic) bond motifs is 13. The number of ether oxygens (including phenoxy) is 1. The molecule has 12 rings (SSSR count). The van der Waals surface area contributed by atoms with Crippen molar-refractivity contribution in [3.63, 3.8) is 0 Å². The largest absolute Gasteiger partial charge is 0.458 e. The molecule has 0 spiro atoms. The Morgan fingerprint density at radius 2 is 1.13 bits per heavy atom. The molecule has 0 radical (unpaired) electrons. The molecule has 0 saturated heterocycles. The van der Waals surface area contributed by atoms with E-state index in [2.05, 4.69) is 209 Å². The highest BCUT2D eigenvalue weighted by Gasteiger charge is 2.19. The number of imidazole rings is 1. The van der Waals surface area contributed by atoms with Crippen LogP contribution in [0.2, 0.25) is 0 Å². The van der Waals surface area contributed by atoms with Crippen molar-refractivity contribution < 1.29 is 9.14 Å². The number of hydrogen-bond acceptors (Lipinski definition) is 2. The van der Waals surface area contributed by atoms with Crippen molar-refractivity contribution in [2.75, 3.05) is 0 Å². The molecule has 0 fully saturated rings.